The fourth-order valence-corrected chi connectivity index (χ4v) is 2.91. The number of aryl methyl sites for hydroxylation is 1. The van der Waals surface area contributed by atoms with E-state index in [0.717, 1.165) is 11.3 Å². The van der Waals surface area contributed by atoms with Crippen LogP contribution in [0.2, 0.25) is 0 Å². The van der Waals surface area contributed by atoms with Gasteiger partial charge >= 0.3 is 0 Å². The van der Waals surface area contributed by atoms with Crippen LogP contribution >= 0.6 is 0 Å². The summed E-state index contributed by atoms with van der Waals surface area (Å²) in [7, 11) is 0. The molecule has 4 heteroatoms. The third-order valence-electron chi connectivity index (χ3n) is 4.35. The van der Waals surface area contributed by atoms with Gasteiger partial charge in [-0.3, -0.25) is 9.59 Å². The van der Waals surface area contributed by atoms with Gasteiger partial charge in [-0.1, -0.05) is 50.2 Å². The number of carbonyl (C=O) groups excluding carboxylic acids is 2. The van der Waals surface area contributed by atoms with Gasteiger partial charge in [-0.05, 0) is 35.6 Å². The van der Waals surface area contributed by atoms with Crippen molar-refractivity contribution in [2.45, 2.75) is 32.6 Å². The van der Waals surface area contributed by atoms with E-state index < -0.39 is 0 Å². The highest BCUT2D eigenvalue weighted by atomic mass is 16.2. The minimum absolute atomic E-state index is 0.0229. The van der Waals surface area contributed by atoms with Gasteiger partial charge in [0.1, 0.15) is 6.54 Å². The highest BCUT2D eigenvalue weighted by Crippen LogP contribution is 2.29. The molecule has 0 bridgehead atoms. The summed E-state index contributed by atoms with van der Waals surface area (Å²) >= 11 is 0. The molecule has 124 valence electrons. The van der Waals surface area contributed by atoms with Crippen molar-refractivity contribution < 1.29 is 9.59 Å². The molecule has 0 fully saturated rings. The minimum Gasteiger partial charge on any atom is -0.323 e. The lowest BCUT2D eigenvalue weighted by molar-refractivity contribution is -0.121. The van der Waals surface area contributed by atoms with Crippen LogP contribution < -0.4 is 10.2 Å². The maximum atomic E-state index is 12.6. The van der Waals surface area contributed by atoms with Crippen LogP contribution in [0, 0.1) is 0 Å². The van der Waals surface area contributed by atoms with Crippen molar-refractivity contribution in [3.63, 3.8) is 0 Å². The van der Waals surface area contributed by atoms with E-state index in [1.165, 1.54) is 5.56 Å². The normalized spacial score (nSPS) is 13.6. The van der Waals surface area contributed by atoms with E-state index in [0.29, 0.717) is 24.4 Å². The molecule has 1 aliphatic rings. The summed E-state index contributed by atoms with van der Waals surface area (Å²) < 4.78 is 0. The quantitative estimate of drug-likeness (QED) is 0.932. The zero-order chi connectivity index (χ0) is 17.1. The highest BCUT2D eigenvalue weighted by Gasteiger charge is 2.26. The number of nitrogens with one attached hydrogen (secondary N) is 1. The van der Waals surface area contributed by atoms with Crippen LogP contribution in [0.3, 0.4) is 0 Å². The number of nitrogens with zero attached hydrogens (tertiary/aromatic N) is 1. The van der Waals surface area contributed by atoms with Crippen molar-refractivity contribution in [3.05, 3.63) is 59.7 Å². The van der Waals surface area contributed by atoms with E-state index >= 15 is 0 Å². The third-order valence-corrected chi connectivity index (χ3v) is 4.35. The average Bonchev–Trinajstić information content (AvgIpc) is 2.59. The highest BCUT2D eigenvalue weighted by molar-refractivity contribution is 6.09. The predicted octanol–water partition coefficient (Wildman–Crippen LogP) is 3.73. The monoisotopic (exact) mass is 322 g/mol. The van der Waals surface area contributed by atoms with Gasteiger partial charge in [0.25, 0.3) is 0 Å². The van der Waals surface area contributed by atoms with Gasteiger partial charge in [0.05, 0.1) is 11.4 Å². The summed E-state index contributed by atoms with van der Waals surface area (Å²) in [5, 5.41) is 2.80. The lowest BCUT2D eigenvalue weighted by Gasteiger charge is -2.29. The summed E-state index contributed by atoms with van der Waals surface area (Å²) in [6, 6.07) is 15.8. The van der Waals surface area contributed by atoms with Crippen LogP contribution in [0.1, 0.15) is 37.3 Å². The molecule has 2 amide bonds. The third kappa shape index (κ3) is 3.48. The maximum Gasteiger partial charge on any atom is 0.244 e. The molecule has 0 atom stereocenters. The summed E-state index contributed by atoms with van der Waals surface area (Å²) in [5.41, 5.74) is 3.91. The topological polar surface area (TPSA) is 49.4 Å². The minimum atomic E-state index is -0.150. The van der Waals surface area contributed by atoms with Crippen molar-refractivity contribution in [2.24, 2.45) is 0 Å². The molecule has 4 nitrogen and oxygen atoms in total. The Labute approximate surface area is 142 Å². The van der Waals surface area contributed by atoms with E-state index in [2.05, 4.69) is 43.4 Å². The predicted molar refractivity (Wildman–Crippen MR) is 96.3 cm³/mol. The first kappa shape index (κ1) is 16.2. The summed E-state index contributed by atoms with van der Waals surface area (Å²) in [6.45, 7) is 4.41. The molecule has 2 aromatic carbocycles. The number of fused-ring (bicyclic) bond motifs is 1. The molecule has 0 saturated carbocycles. The molecule has 0 unspecified atom stereocenters. The number of anilines is 2. The van der Waals surface area contributed by atoms with Gasteiger partial charge in [0.2, 0.25) is 11.8 Å². The summed E-state index contributed by atoms with van der Waals surface area (Å²) in [6.07, 6.45) is 1.07. The van der Waals surface area contributed by atoms with Gasteiger partial charge in [-0.25, -0.2) is 0 Å². The zero-order valence-electron chi connectivity index (χ0n) is 14.1. The van der Waals surface area contributed by atoms with Crippen LogP contribution in [0.25, 0.3) is 0 Å². The molecule has 0 spiro atoms. The average molecular weight is 322 g/mol. The number of amides is 2. The first-order chi connectivity index (χ1) is 11.5. The van der Waals surface area contributed by atoms with Gasteiger partial charge in [-0.2, -0.15) is 0 Å². The van der Waals surface area contributed by atoms with E-state index in [1.807, 2.05) is 24.3 Å². The molecule has 0 saturated heterocycles. The van der Waals surface area contributed by atoms with E-state index in [-0.39, 0.29) is 18.4 Å². The van der Waals surface area contributed by atoms with Crippen molar-refractivity contribution in [3.8, 4) is 0 Å². The number of rotatable bonds is 4. The fourth-order valence-electron chi connectivity index (χ4n) is 2.91. The van der Waals surface area contributed by atoms with E-state index in [1.54, 1.807) is 4.90 Å². The molecule has 1 aliphatic heterocycles. The second-order valence-electron chi connectivity index (χ2n) is 6.44. The Hall–Kier alpha value is -2.62. The van der Waals surface area contributed by atoms with Gasteiger partial charge < -0.3 is 10.2 Å². The molecule has 0 aromatic heterocycles. The Morgan fingerprint density at radius 2 is 1.83 bits per heavy atom. The van der Waals surface area contributed by atoms with Crippen molar-refractivity contribution in [1.29, 1.82) is 0 Å². The van der Waals surface area contributed by atoms with Crippen molar-refractivity contribution in [1.82, 2.24) is 0 Å². The van der Waals surface area contributed by atoms with Gasteiger partial charge in [-0.15, -0.1) is 0 Å². The molecule has 1 heterocycles. The molecule has 0 aliphatic carbocycles. The van der Waals surface area contributed by atoms with E-state index in [4.69, 9.17) is 0 Å². The summed E-state index contributed by atoms with van der Waals surface area (Å²) in [5.74, 6) is 0.331. The largest absolute Gasteiger partial charge is 0.323 e. The van der Waals surface area contributed by atoms with Crippen LogP contribution in [0.4, 0.5) is 11.4 Å². The Bertz CT molecular complexity index is 750. The molecule has 2 aromatic rings. The number of carbonyl (C=O) groups is 2. The number of hydrogen-bond acceptors (Lipinski definition) is 2. The Morgan fingerprint density at radius 1 is 1.12 bits per heavy atom. The Balaban J connectivity index is 1.68. The first-order valence-electron chi connectivity index (χ1n) is 8.32. The summed E-state index contributed by atoms with van der Waals surface area (Å²) in [4.78, 5) is 26.0. The number of benzene rings is 2. The van der Waals surface area contributed by atoms with Crippen LogP contribution in [-0.4, -0.2) is 18.4 Å². The second kappa shape index (κ2) is 6.87. The van der Waals surface area contributed by atoms with Crippen molar-refractivity contribution >= 4 is 23.2 Å². The van der Waals surface area contributed by atoms with Crippen LogP contribution in [0.15, 0.2) is 48.5 Å². The van der Waals surface area contributed by atoms with Crippen molar-refractivity contribution in [2.75, 3.05) is 16.8 Å². The number of para-hydroxylation sites is 2. The molecular weight excluding hydrogens is 300 g/mol. The number of hydrogen-bond donors (Lipinski definition) is 1. The lowest BCUT2D eigenvalue weighted by atomic mass is 10.00. The lowest BCUT2D eigenvalue weighted by Crippen LogP contribution is -2.42. The van der Waals surface area contributed by atoms with Gasteiger partial charge in [0.15, 0.2) is 0 Å². The first-order valence-corrected chi connectivity index (χ1v) is 8.32. The fraction of sp³-hybridized carbons (Fsp3) is 0.300. The smallest absolute Gasteiger partial charge is 0.244 e. The Kier molecular flexibility index (Phi) is 4.65. The van der Waals surface area contributed by atoms with Crippen LogP contribution in [0.5, 0.6) is 0 Å². The second-order valence-corrected chi connectivity index (χ2v) is 6.44. The molecule has 1 N–H and O–H groups in total. The van der Waals surface area contributed by atoms with Crippen LogP contribution in [-0.2, 0) is 16.0 Å². The standard InChI is InChI=1S/C20H22N2O2/c1-14(2)16-10-7-15(8-11-16)9-12-20(24)22-13-19(23)21-17-5-3-4-6-18(17)22/h3-8,10-11,14H,9,12-13H2,1-2H3,(H,21,23). The SMILES string of the molecule is CC(C)c1ccc(CCC(=O)N2CC(=O)Nc3ccccc32)cc1. The Morgan fingerprint density at radius 3 is 2.54 bits per heavy atom. The molecule has 0 radical (unpaired) electrons. The molecule has 24 heavy (non-hydrogen) atoms. The molecule has 3 rings (SSSR count). The van der Waals surface area contributed by atoms with Gasteiger partial charge in [0, 0.05) is 6.42 Å². The maximum absolute atomic E-state index is 12.6. The zero-order valence-corrected chi connectivity index (χ0v) is 14.1. The molecular formula is C20H22N2O2. The van der Waals surface area contributed by atoms with E-state index in [9.17, 15) is 9.59 Å².